The normalized spacial score (nSPS) is 21.2. The van der Waals surface area contributed by atoms with Crippen LogP contribution in [0.1, 0.15) is 50.3 Å². The molecule has 2 fully saturated rings. The van der Waals surface area contributed by atoms with Crippen LogP contribution in [0.5, 0.6) is 0 Å². The number of fused-ring (bicyclic) bond motifs is 1. The third kappa shape index (κ3) is 3.59. The van der Waals surface area contributed by atoms with Crippen molar-refractivity contribution in [1.82, 2.24) is 20.2 Å². The van der Waals surface area contributed by atoms with Crippen molar-refractivity contribution in [1.29, 1.82) is 0 Å². The number of likely N-dealkylation sites (tertiary alicyclic amines) is 1. The maximum Gasteiger partial charge on any atom is 0.241 e. The number of amides is 2. The second-order valence-corrected chi connectivity index (χ2v) is 7.52. The first-order valence-corrected chi connectivity index (χ1v) is 9.71. The van der Waals surface area contributed by atoms with Gasteiger partial charge >= 0.3 is 0 Å². The standard InChI is InChI=1S/C20H26N4O2/c25-18(12-21-20(26)14-6-1-2-7-14)24-11-5-8-15(13-24)19-22-16-9-3-4-10-17(16)23-19/h3-4,9-10,14-15H,1-2,5-8,11-13H2,(H,21,26)(H,22,23). The van der Waals surface area contributed by atoms with Crippen LogP contribution in [0.3, 0.4) is 0 Å². The largest absolute Gasteiger partial charge is 0.347 e. The number of aromatic amines is 1. The second kappa shape index (κ2) is 7.48. The Morgan fingerprint density at radius 2 is 1.96 bits per heavy atom. The zero-order chi connectivity index (χ0) is 17.9. The number of para-hydroxylation sites is 2. The van der Waals surface area contributed by atoms with Gasteiger partial charge in [0.25, 0.3) is 0 Å². The molecule has 1 saturated heterocycles. The van der Waals surface area contributed by atoms with Crippen molar-refractivity contribution in [3.8, 4) is 0 Å². The molecule has 2 heterocycles. The van der Waals surface area contributed by atoms with E-state index in [1.54, 1.807) is 0 Å². The van der Waals surface area contributed by atoms with Crippen molar-refractivity contribution >= 4 is 22.8 Å². The minimum Gasteiger partial charge on any atom is -0.347 e. The van der Waals surface area contributed by atoms with Gasteiger partial charge in [-0.1, -0.05) is 25.0 Å². The van der Waals surface area contributed by atoms with Gasteiger partial charge in [-0.2, -0.15) is 0 Å². The van der Waals surface area contributed by atoms with Crippen molar-refractivity contribution in [2.75, 3.05) is 19.6 Å². The van der Waals surface area contributed by atoms with Gasteiger partial charge in [-0.25, -0.2) is 4.98 Å². The maximum atomic E-state index is 12.5. The van der Waals surface area contributed by atoms with E-state index in [4.69, 9.17) is 4.98 Å². The summed E-state index contributed by atoms with van der Waals surface area (Å²) in [5.74, 6) is 1.34. The first-order chi connectivity index (χ1) is 12.7. The highest BCUT2D eigenvalue weighted by atomic mass is 16.2. The number of carbonyl (C=O) groups excluding carboxylic acids is 2. The SMILES string of the molecule is O=C(NCC(=O)N1CCCC(c2nc3ccccc3[nH]2)C1)C1CCCC1. The summed E-state index contributed by atoms with van der Waals surface area (Å²) in [6.07, 6.45) is 6.15. The number of nitrogens with zero attached hydrogens (tertiary/aromatic N) is 2. The van der Waals surface area contributed by atoms with Gasteiger partial charge in [-0.15, -0.1) is 0 Å². The molecule has 2 aromatic rings. The average Bonchev–Trinajstić information content (AvgIpc) is 3.35. The molecule has 2 aliphatic rings. The molecule has 1 saturated carbocycles. The summed E-state index contributed by atoms with van der Waals surface area (Å²) in [7, 11) is 0. The van der Waals surface area contributed by atoms with Crippen molar-refractivity contribution < 1.29 is 9.59 Å². The van der Waals surface area contributed by atoms with Gasteiger partial charge in [-0.05, 0) is 37.8 Å². The molecule has 138 valence electrons. The summed E-state index contributed by atoms with van der Waals surface area (Å²) < 4.78 is 0. The molecule has 1 aromatic heterocycles. The van der Waals surface area contributed by atoms with E-state index in [0.717, 1.165) is 61.9 Å². The van der Waals surface area contributed by atoms with E-state index < -0.39 is 0 Å². The molecule has 0 radical (unpaired) electrons. The Kier molecular flexibility index (Phi) is 4.91. The first-order valence-electron chi connectivity index (χ1n) is 9.71. The van der Waals surface area contributed by atoms with Crippen LogP contribution >= 0.6 is 0 Å². The number of nitrogens with one attached hydrogen (secondary N) is 2. The maximum absolute atomic E-state index is 12.5. The van der Waals surface area contributed by atoms with Gasteiger partial charge in [-0.3, -0.25) is 9.59 Å². The Morgan fingerprint density at radius 1 is 1.15 bits per heavy atom. The van der Waals surface area contributed by atoms with Gasteiger partial charge < -0.3 is 15.2 Å². The summed E-state index contributed by atoms with van der Waals surface area (Å²) in [6.45, 7) is 1.54. The fraction of sp³-hybridized carbons (Fsp3) is 0.550. The van der Waals surface area contributed by atoms with Gasteiger partial charge in [0.05, 0.1) is 17.6 Å². The lowest BCUT2D eigenvalue weighted by Gasteiger charge is -2.32. The molecule has 26 heavy (non-hydrogen) atoms. The first kappa shape index (κ1) is 17.1. The molecule has 4 rings (SSSR count). The topological polar surface area (TPSA) is 78.1 Å². The fourth-order valence-electron chi connectivity index (χ4n) is 4.20. The lowest BCUT2D eigenvalue weighted by atomic mass is 9.97. The van der Waals surface area contributed by atoms with E-state index in [9.17, 15) is 9.59 Å². The molecule has 1 aromatic carbocycles. The Balaban J connectivity index is 1.35. The molecule has 0 bridgehead atoms. The highest BCUT2D eigenvalue weighted by Crippen LogP contribution is 2.27. The Hall–Kier alpha value is -2.37. The summed E-state index contributed by atoms with van der Waals surface area (Å²) in [5, 5.41) is 2.84. The van der Waals surface area contributed by atoms with Crippen molar-refractivity contribution in [3.05, 3.63) is 30.1 Å². The number of piperidine rings is 1. The zero-order valence-corrected chi connectivity index (χ0v) is 15.0. The third-order valence-corrected chi connectivity index (χ3v) is 5.71. The van der Waals surface area contributed by atoms with Crippen LogP contribution < -0.4 is 5.32 Å². The van der Waals surface area contributed by atoms with Crippen LogP contribution in [0.2, 0.25) is 0 Å². The molecule has 2 amide bonds. The van der Waals surface area contributed by atoms with Gasteiger partial charge in [0.2, 0.25) is 11.8 Å². The summed E-state index contributed by atoms with van der Waals surface area (Å²) >= 11 is 0. The third-order valence-electron chi connectivity index (χ3n) is 5.71. The number of H-pyrrole nitrogens is 1. The lowest BCUT2D eigenvalue weighted by Crippen LogP contribution is -2.45. The van der Waals surface area contributed by atoms with E-state index >= 15 is 0 Å². The number of aromatic nitrogens is 2. The summed E-state index contributed by atoms with van der Waals surface area (Å²) in [6, 6.07) is 8.00. The molecule has 1 unspecified atom stereocenters. The molecule has 1 atom stereocenters. The molecule has 1 aliphatic carbocycles. The molecule has 1 aliphatic heterocycles. The number of hydrogen-bond donors (Lipinski definition) is 2. The van der Waals surface area contributed by atoms with Gasteiger partial charge in [0.15, 0.2) is 0 Å². The highest BCUT2D eigenvalue weighted by Gasteiger charge is 2.28. The van der Waals surface area contributed by atoms with Crippen LogP contribution in [0, 0.1) is 5.92 Å². The van der Waals surface area contributed by atoms with E-state index in [-0.39, 0.29) is 30.2 Å². The number of carbonyl (C=O) groups is 2. The van der Waals surface area contributed by atoms with Crippen LogP contribution in [0.4, 0.5) is 0 Å². The van der Waals surface area contributed by atoms with Crippen molar-refractivity contribution in [2.45, 2.75) is 44.4 Å². The Labute approximate surface area is 153 Å². The zero-order valence-electron chi connectivity index (χ0n) is 15.0. The minimum atomic E-state index is 0.0113. The molecule has 6 heteroatoms. The predicted molar refractivity (Wildman–Crippen MR) is 99.6 cm³/mol. The van der Waals surface area contributed by atoms with Gasteiger partial charge in [0.1, 0.15) is 5.82 Å². The summed E-state index contributed by atoms with van der Waals surface area (Å²) in [5.41, 5.74) is 2.00. The van der Waals surface area contributed by atoms with Gasteiger partial charge in [0, 0.05) is 24.9 Å². The number of benzene rings is 1. The molecule has 0 spiro atoms. The predicted octanol–water partition coefficient (Wildman–Crippen LogP) is 2.58. The highest BCUT2D eigenvalue weighted by molar-refractivity contribution is 5.86. The quantitative estimate of drug-likeness (QED) is 0.886. The van der Waals surface area contributed by atoms with Crippen LogP contribution in [-0.2, 0) is 9.59 Å². The monoisotopic (exact) mass is 354 g/mol. The van der Waals surface area contributed by atoms with Crippen LogP contribution in [-0.4, -0.2) is 46.3 Å². The van der Waals surface area contributed by atoms with Crippen LogP contribution in [0.15, 0.2) is 24.3 Å². The van der Waals surface area contributed by atoms with E-state index in [1.807, 2.05) is 29.2 Å². The smallest absolute Gasteiger partial charge is 0.241 e. The molecular weight excluding hydrogens is 328 g/mol. The second-order valence-electron chi connectivity index (χ2n) is 7.52. The number of imidazole rings is 1. The van der Waals surface area contributed by atoms with E-state index in [1.165, 1.54) is 0 Å². The molecular formula is C20H26N4O2. The van der Waals surface area contributed by atoms with Crippen molar-refractivity contribution in [3.63, 3.8) is 0 Å². The molecule has 2 N–H and O–H groups in total. The number of rotatable bonds is 4. The summed E-state index contributed by atoms with van der Waals surface area (Å²) in [4.78, 5) is 34.6. The minimum absolute atomic E-state index is 0.0113. The Morgan fingerprint density at radius 3 is 2.77 bits per heavy atom. The average molecular weight is 354 g/mol. The molecule has 6 nitrogen and oxygen atoms in total. The Bertz CT molecular complexity index is 761. The van der Waals surface area contributed by atoms with E-state index in [0.29, 0.717) is 6.54 Å². The fourth-order valence-corrected chi connectivity index (χ4v) is 4.20. The number of hydrogen-bond acceptors (Lipinski definition) is 3. The van der Waals surface area contributed by atoms with Crippen LogP contribution in [0.25, 0.3) is 11.0 Å². The van der Waals surface area contributed by atoms with Crippen molar-refractivity contribution in [2.24, 2.45) is 5.92 Å². The van der Waals surface area contributed by atoms with E-state index in [2.05, 4.69) is 10.3 Å². The lowest BCUT2D eigenvalue weighted by molar-refractivity contribution is -0.134.